The standard InChI is InChI=1S/C29H36ClN5O3/c1-37-24-17-22-23(18-25(24)38-2)32-29(33-27(22)31)35-15-13-34(14-16-35)28(36)26(19-7-5-3-4-6-8-19)20-9-11-21(30)12-10-20/h9-12,17-19,26H,3-8,13-16H2,1-2H3,(H2,31,32,33). The van der Waals surface area contributed by atoms with Crippen molar-refractivity contribution < 1.29 is 14.3 Å². The SMILES string of the molecule is COc1cc2nc(N3CCN(C(=O)C(c4ccc(Cl)cc4)C4CCCCCC4)CC3)nc(N)c2cc1OC. The molecule has 1 aromatic heterocycles. The number of ether oxygens (including phenoxy) is 2. The molecule has 1 aliphatic heterocycles. The smallest absolute Gasteiger partial charge is 0.230 e. The minimum absolute atomic E-state index is 0.132. The third-order valence-corrected chi connectivity index (χ3v) is 8.21. The molecule has 1 unspecified atom stereocenters. The maximum Gasteiger partial charge on any atom is 0.230 e. The molecule has 2 aromatic carbocycles. The largest absolute Gasteiger partial charge is 0.493 e. The number of aromatic nitrogens is 2. The molecule has 38 heavy (non-hydrogen) atoms. The molecule has 202 valence electrons. The molecule has 2 fully saturated rings. The molecule has 1 saturated heterocycles. The van der Waals surface area contributed by atoms with Gasteiger partial charge in [-0.1, -0.05) is 49.4 Å². The minimum Gasteiger partial charge on any atom is -0.493 e. The molecular formula is C29H36ClN5O3. The number of nitrogens with two attached hydrogens (primary N) is 1. The van der Waals surface area contributed by atoms with E-state index < -0.39 is 0 Å². The molecule has 8 nitrogen and oxygen atoms in total. The van der Waals surface area contributed by atoms with Crippen molar-refractivity contribution in [2.75, 3.05) is 51.0 Å². The number of benzene rings is 2. The number of nitrogen functional groups attached to an aromatic ring is 1. The van der Waals surface area contributed by atoms with Crippen LogP contribution in [0, 0.1) is 5.92 Å². The highest BCUT2D eigenvalue weighted by Crippen LogP contribution is 2.38. The Morgan fingerprint density at radius 3 is 2.21 bits per heavy atom. The van der Waals surface area contributed by atoms with E-state index in [1.165, 1.54) is 25.7 Å². The number of carbonyl (C=O) groups excluding carboxylic acids is 1. The Hall–Kier alpha value is -3.26. The number of methoxy groups -OCH3 is 2. The highest BCUT2D eigenvalue weighted by molar-refractivity contribution is 6.30. The maximum absolute atomic E-state index is 14.0. The fraction of sp³-hybridized carbons (Fsp3) is 0.483. The van der Waals surface area contributed by atoms with Gasteiger partial charge in [0.05, 0.1) is 25.7 Å². The van der Waals surface area contributed by atoms with Crippen LogP contribution in [-0.2, 0) is 4.79 Å². The lowest BCUT2D eigenvalue weighted by atomic mass is 9.80. The van der Waals surface area contributed by atoms with Gasteiger partial charge in [0, 0.05) is 42.7 Å². The van der Waals surface area contributed by atoms with Crippen molar-refractivity contribution in [1.82, 2.24) is 14.9 Å². The van der Waals surface area contributed by atoms with Gasteiger partial charge in [0.25, 0.3) is 0 Å². The fourth-order valence-electron chi connectivity index (χ4n) is 5.86. The number of halogens is 1. The molecule has 1 aliphatic carbocycles. The Kier molecular flexibility index (Phi) is 8.07. The van der Waals surface area contributed by atoms with Gasteiger partial charge in [-0.05, 0) is 42.5 Å². The quantitative estimate of drug-likeness (QED) is 0.427. The van der Waals surface area contributed by atoms with Crippen molar-refractivity contribution in [3.8, 4) is 11.5 Å². The first-order valence-electron chi connectivity index (χ1n) is 13.5. The number of amides is 1. The van der Waals surface area contributed by atoms with Crippen molar-refractivity contribution >= 4 is 40.2 Å². The van der Waals surface area contributed by atoms with E-state index in [0.29, 0.717) is 65.9 Å². The number of nitrogens with zero attached hydrogens (tertiary/aromatic N) is 4. The lowest BCUT2D eigenvalue weighted by Gasteiger charge is -2.38. The third-order valence-electron chi connectivity index (χ3n) is 7.96. The topological polar surface area (TPSA) is 93.8 Å². The number of carbonyl (C=O) groups is 1. The number of rotatable bonds is 6. The second-order valence-electron chi connectivity index (χ2n) is 10.2. The number of hydrogen-bond acceptors (Lipinski definition) is 7. The number of hydrogen-bond donors (Lipinski definition) is 1. The predicted molar refractivity (Wildman–Crippen MR) is 151 cm³/mol. The summed E-state index contributed by atoms with van der Waals surface area (Å²) in [6.45, 7) is 2.51. The van der Waals surface area contributed by atoms with Gasteiger partial charge in [-0.15, -0.1) is 0 Å². The molecule has 5 rings (SSSR count). The number of anilines is 2. The van der Waals surface area contributed by atoms with E-state index in [9.17, 15) is 4.79 Å². The van der Waals surface area contributed by atoms with Crippen LogP contribution in [-0.4, -0.2) is 61.2 Å². The second-order valence-corrected chi connectivity index (χ2v) is 10.7. The summed E-state index contributed by atoms with van der Waals surface area (Å²) in [7, 11) is 3.18. The molecule has 1 amide bonds. The van der Waals surface area contributed by atoms with Crippen LogP contribution in [0.3, 0.4) is 0 Å². The first-order chi connectivity index (χ1) is 18.5. The molecule has 0 radical (unpaired) electrons. The van der Waals surface area contributed by atoms with Crippen molar-refractivity contribution in [3.63, 3.8) is 0 Å². The van der Waals surface area contributed by atoms with Crippen LogP contribution in [0.5, 0.6) is 11.5 Å². The second kappa shape index (κ2) is 11.6. The van der Waals surface area contributed by atoms with E-state index in [1.54, 1.807) is 20.3 Å². The minimum atomic E-state index is -0.132. The molecule has 2 aliphatic rings. The monoisotopic (exact) mass is 537 g/mol. The first-order valence-corrected chi connectivity index (χ1v) is 13.8. The molecule has 2 N–H and O–H groups in total. The zero-order valence-corrected chi connectivity index (χ0v) is 22.9. The average molecular weight is 538 g/mol. The summed E-state index contributed by atoms with van der Waals surface area (Å²) < 4.78 is 10.8. The Bertz CT molecular complexity index is 1270. The van der Waals surface area contributed by atoms with Crippen LogP contribution < -0.4 is 20.1 Å². The summed E-state index contributed by atoms with van der Waals surface area (Å²) in [5, 5.41) is 1.41. The van der Waals surface area contributed by atoms with Gasteiger partial charge in [-0.25, -0.2) is 4.98 Å². The Morgan fingerprint density at radius 2 is 1.58 bits per heavy atom. The number of piperazine rings is 1. The van der Waals surface area contributed by atoms with Gasteiger partial charge in [-0.2, -0.15) is 4.98 Å². The average Bonchev–Trinajstić information content (AvgIpc) is 3.23. The highest BCUT2D eigenvalue weighted by Gasteiger charge is 2.35. The van der Waals surface area contributed by atoms with Crippen molar-refractivity contribution in [1.29, 1.82) is 0 Å². The summed E-state index contributed by atoms with van der Waals surface area (Å²) in [6, 6.07) is 11.5. The Morgan fingerprint density at radius 1 is 0.947 bits per heavy atom. The summed E-state index contributed by atoms with van der Waals surface area (Å²) >= 11 is 6.18. The van der Waals surface area contributed by atoms with Crippen LogP contribution in [0.4, 0.5) is 11.8 Å². The van der Waals surface area contributed by atoms with Crippen LogP contribution in [0.15, 0.2) is 36.4 Å². The maximum atomic E-state index is 14.0. The van der Waals surface area contributed by atoms with Gasteiger partial charge >= 0.3 is 0 Å². The van der Waals surface area contributed by atoms with E-state index in [2.05, 4.69) is 9.88 Å². The molecular weight excluding hydrogens is 502 g/mol. The third kappa shape index (κ3) is 5.46. The van der Waals surface area contributed by atoms with Crippen LogP contribution in [0.2, 0.25) is 5.02 Å². The lowest BCUT2D eigenvalue weighted by Crippen LogP contribution is -2.51. The zero-order chi connectivity index (χ0) is 26.6. The van der Waals surface area contributed by atoms with Gasteiger partial charge < -0.3 is 25.0 Å². The molecule has 2 heterocycles. The van der Waals surface area contributed by atoms with E-state index >= 15 is 0 Å². The van der Waals surface area contributed by atoms with Crippen LogP contribution in [0.25, 0.3) is 10.9 Å². The van der Waals surface area contributed by atoms with Crippen molar-refractivity contribution in [2.24, 2.45) is 5.92 Å². The van der Waals surface area contributed by atoms with Gasteiger partial charge in [-0.3, -0.25) is 4.79 Å². The van der Waals surface area contributed by atoms with E-state index in [4.69, 9.17) is 31.8 Å². The summed E-state index contributed by atoms with van der Waals surface area (Å²) in [4.78, 5) is 27.5. The predicted octanol–water partition coefficient (Wildman–Crippen LogP) is 5.29. The molecule has 9 heteroatoms. The first kappa shape index (κ1) is 26.4. The summed E-state index contributed by atoms with van der Waals surface area (Å²) in [5.41, 5.74) is 8.08. The Balaban J connectivity index is 1.34. The van der Waals surface area contributed by atoms with Gasteiger partial charge in [0.2, 0.25) is 11.9 Å². The molecule has 3 aromatic rings. The van der Waals surface area contributed by atoms with Crippen LogP contribution in [0.1, 0.15) is 50.0 Å². The van der Waals surface area contributed by atoms with Crippen molar-refractivity contribution in [2.45, 2.75) is 44.4 Å². The van der Waals surface area contributed by atoms with Crippen molar-refractivity contribution in [3.05, 3.63) is 47.0 Å². The molecule has 1 atom stereocenters. The van der Waals surface area contributed by atoms with Gasteiger partial charge in [0.1, 0.15) is 5.82 Å². The molecule has 0 spiro atoms. The number of fused-ring (bicyclic) bond motifs is 1. The van der Waals surface area contributed by atoms with E-state index in [0.717, 1.165) is 23.8 Å². The van der Waals surface area contributed by atoms with E-state index in [1.807, 2.05) is 35.2 Å². The summed E-state index contributed by atoms with van der Waals surface area (Å²) in [5.74, 6) is 2.57. The fourth-order valence-corrected chi connectivity index (χ4v) is 5.99. The zero-order valence-electron chi connectivity index (χ0n) is 22.2. The highest BCUT2D eigenvalue weighted by atomic mass is 35.5. The Labute approximate surface area is 229 Å². The van der Waals surface area contributed by atoms with Gasteiger partial charge in [0.15, 0.2) is 11.5 Å². The van der Waals surface area contributed by atoms with Crippen LogP contribution >= 0.6 is 11.6 Å². The molecule has 1 saturated carbocycles. The molecule has 0 bridgehead atoms. The summed E-state index contributed by atoms with van der Waals surface area (Å²) in [6.07, 6.45) is 7.07. The van der Waals surface area contributed by atoms with E-state index in [-0.39, 0.29) is 11.8 Å². The lowest BCUT2D eigenvalue weighted by molar-refractivity contribution is -0.134. The normalized spacial score (nSPS) is 17.8.